The van der Waals surface area contributed by atoms with Gasteiger partial charge in [0.05, 0.1) is 12.2 Å². The highest BCUT2D eigenvalue weighted by atomic mass is 79.9. The van der Waals surface area contributed by atoms with Crippen LogP contribution < -0.4 is 9.47 Å². The molecule has 1 rings (SSSR count). The maximum absolute atomic E-state index is 11.8. The zero-order valence-electron chi connectivity index (χ0n) is 11.4. The molecule has 0 saturated heterocycles. The van der Waals surface area contributed by atoms with Crippen LogP contribution in [0.2, 0.25) is 0 Å². The predicted octanol–water partition coefficient (Wildman–Crippen LogP) is 3.76. The maximum atomic E-state index is 11.8. The monoisotopic (exact) mass is 340 g/mol. The van der Waals surface area contributed by atoms with Gasteiger partial charge >= 0.3 is 5.97 Å². The van der Waals surface area contributed by atoms with Crippen LogP contribution in [0.15, 0.2) is 41.9 Å². The fraction of sp³-hybridized carbons (Fsp3) is 0.267. The molecule has 0 spiro atoms. The molecule has 0 fully saturated rings. The van der Waals surface area contributed by atoms with Crippen LogP contribution in [0.25, 0.3) is 0 Å². The van der Waals surface area contributed by atoms with Crippen LogP contribution >= 0.6 is 15.9 Å². The maximum Gasteiger partial charge on any atom is 0.338 e. The molecule has 0 atom stereocenters. The van der Waals surface area contributed by atoms with E-state index in [9.17, 15) is 4.79 Å². The molecule has 0 bridgehead atoms. The van der Waals surface area contributed by atoms with Gasteiger partial charge < -0.3 is 14.2 Å². The Balaban J connectivity index is 3.13. The first-order valence-electron chi connectivity index (χ1n) is 6.12. The van der Waals surface area contributed by atoms with Gasteiger partial charge in [-0.1, -0.05) is 25.3 Å². The smallest absolute Gasteiger partial charge is 0.338 e. The molecule has 0 N–H and O–H groups in total. The van der Waals surface area contributed by atoms with Crippen LogP contribution in [-0.4, -0.2) is 25.8 Å². The van der Waals surface area contributed by atoms with Crippen molar-refractivity contribution in [2.45, 2.75) is 6.92 Å². The van der Waals surface area contributed by atoms with Gasteiger partial charge in [0, 0.05) is 0 Å². The van der Waals surface area contributed by atoms with Gasteiger partial charge in [0.2, 0.25) is 0 Å². The van der Waals surface area contributed by atoms with Crippen LogP contribution in [0.1, 0.15) is 17.3 Å². The van der Waals surface area contributed by atoms with Crippen molar-refractivity contribution >= 4 is 21.9 Å². The molecule has 0 aliphatic heterocycles. The normalized spacial score (nSPS) is 9.70. The Labute approximate surface area is 127 Å². The number of esters is 1. The number of hydrogen-bond donors (Lipinski definition) is 0. The number of hydrogen-bond acceptors (Lipinski definition) is 4. The Hall–Kier alpha value is -1.75. The second-order valence-corrected chi connectivity index (χ2v) is 4.50. The summed E-state index contributed by atoms with van der Waals surface area (Å²) in [5.74, 6) is 0.566. The van der Waals surface area contributed by atoms with Crippen molar-refractivity contribution in [2.24, 2.45) is 0 Å². The van der Waals surface area contributed by atoms with Crippen LogP contribution in [0.4, 0.5) is 0 Å². The number of carbonyl (C=O) groups is 1. The number of rotatable bonds is 8. The average Bonchev–Trinajstić information content (AvgIpc) is 2.45. The van der Waals surface area contributed by atoms with E-state index in [-0.39, 0.29) is 0 Å². The lowest BCUT2D eigenvalue weighted by molar-refractivity contribution is 0.0525. The fourth-order valence-electron chi connectivity index (χ4n) is 1.41. The molecule has 0 aliphatic rings. The van der Waals surface area contributed by atoms with E-state index in [4.69, 9.17) is 14.2 Å². The predicted molar refractivity (Wildman–Crippen MR) is 81.5 cm³/mol. The van der Waals surface area contributed by atoms with Gasteiger partial charge in [-0.3, -0.25) is 0 Å². The van der Waals surface area contributed by atoms with Crippen molar-refractivity contribution in [3.63, 3.8) is 0 Å². The molecule has 20 heavy (non-hydrogen) atoms. The summed E-state index contributed by atoms with van der Waals surface area (Å²) < 4.78 is 16.6. The highest BCUT2D eigenvalue weighted by Crippen LogP contribution is 2.36. The number of halogens is 1. The van der Waals surface area contributed by atoms with Crippen molar-refractivity contribution in [2.75, 3.05) is 19.8 Å². The molecule has 108 valence electrons. The van der Waals surface area contributed by atoms with E-state index in [1.54, 1.807) is 31.2 Å². The molecular formula is C15H17BrO4. The lowest BCUT2D eigenvalue weighted by atomic mass is 10.2. The van der Waals surface area contributed by atoms with Crippen molar-refractivity contribution in [1.29, 1.82) is 0 Å². The fourth-order valence-corrected chi connectivity index (χ4v) is 1.87. The molecule has 5 heteroatoms. The number of benzene rings is 1. The summed E-state index contributed by atoms with van der Waals surface area (Å²) in [6, 6.07) is 3.21. The van der Waals surface area contributed by atoms with E-state index in [1.807, 2.05) is 0 Å². The van der Waals surface area contributed by atoms with Gasteiger partial charge in [-0.2, -0.15) is 0 Å². The first kappa shape index (κ1) is 16.3. The lowest BCUT2D eigenvalue weighted by Crippen LogP contribution is -2.07. The van der Waals surface area contributed by atoms with E-state index < -0.39 is 5.97 Å². The molecule has 0 amide bonds. The van der Waals surface area contributed by atoms with Crippen LogP contribution in [-0.2, 0) is 4.74 Å². The number of carbonyl (C=O) groups excluding carboxylic acids is 1. The second kappa shape index (κ2) is 8.43. The molecule has 0 aromatic heterocycles. The Morgan fingerprint density at radius 3 is 2.10 bits per heavy atom. The molecule has 0 unspecified atom stereocenters. The Kier molecular flexibility index (Phi) is 6.87. The van der Waals surface area contributed by atoms with Crippen molar-refractivity contribution < 1.29 is 19.0 Å². The number of ether oxygens (including phenoxy) is 3. The summed E-state index contributed by atoms with van der Waals surface area (Å²) in [5.41, 5.74) is 0.369. The molecule has 4 nitrogen and oxygen atoms in total. The summed E-state index contributed by atoms with van der Waals surface area (Å²) in [6.45, 7) is 9.88. The summed E-state index contributed by atoms with van der Waals surface area (Å²) in [5, 5.41) is 0. The van der Waals surface area contributed by atoms with E-state index in [0.717, 1.165) is 0 Å². The van der Waals surface area contributed by atoms with Crippen molar-refractivity contribution in [1.82, 2.24) is 0 Å². The quantitative estimate of drug-likeness (QED) is 0.534. The summed E-state index contributed by atoms with van der Waals surface area (Å²) >= 11 is 3.39. The average molecular weight is 341 g/mol. The molecule has 0 heterocycles. The minimum atomic E-state index is -0.424. The highest BCUT2D eigenvalue weighted by Gasteiger charge is 2.16. The minimum absolute atomic E-state index is 0.306. The van der Waals surface area contributed by atoms with E-state index in [1.165, 1.54) is 0 Å². The lowest BCUT2D eigenvalue weighted by Gasteiger charge is -2.13. The van der Waals surface area contributed by atoms with E-state index >= 15 is 0 Å². The topological polar surface area (TPSA) is 44.8 Å². The largest absolute Gasteiger partial charge is 0.488 e. The zero-order chi connectivity index (χ0) is 15.0. The molecule has 1 aromatic rings. The molecular weight excluding hydrogens is 324 g/mol. The Bertz CT molecular complexity index is 464. The SMILES string of the molecule is C=CCOc1cc(C(=O)OCC)cc(OCC=C)c1Br. The zero-order valence-corrected chi connectivity index (χ0v) is 12.9. The van der Waals surface area contributed by atoms with Gasteiger partial charge in [0.15, 0.2) is 0 Å². The van der Waals surface area contributed by atoms with Gasteiger partial charge in [-0.05, 0) is 35.0 Å². The van der Waals surface area contributed by atoms with Crippen LogP contribution in [0.5, 0.6) is 11.5 Å². The summed E-state index contributed by atoms with van der Waals surface area (Å²) in [4.78, 5) is 11.8. The van der Waals surface area contributed by atoms with Crippen LogP contribution in [0.3, 0.4) is 0 Å². The summed E-state index contributed by atoms with van der Waals surface area (Å²) in [6.07, 6.45) is 3.24. The Morgan fingerprint density at radius 2 is 1.70 bits per heavy atom. The van der Waals surface area contributed by atoms with Crippen molar-refractivity contribution in [3.8, 4) is 11.5 Å². The third-order valence-electron chi connectivity index (χ3n) is 2.23. The van der Waals surface area contributed by atoms with E-state index in [0.29, 0.717) is 41.4 Å². The Morgan fingerprint density at radius 1 is 1.20 bits per heavy atom. The third kappa shape index (κ3) is 4.42. The molecule has 0 saturated carbocycles. The molecule has 0 radical (unpaired) electrons. The van der Waals surface area contributed by atoms with E-state index in [2.05, 4.69) is 29.1 Å². The van der Waals surface area contributed by atoms with Gasteiger partial charge in [0.25, 0.3) is 0 Å². The first-order chi connectivity index (χ1) is 9.63. The minimum Gasteiger partial charge on any atom is -0.488 e. The van der Waals surface area contributed by atoms with Crippen molar-refractivity contribution in [3.05, 3.63) is 47.5 Å². The standard InChI is InChI=1S/C15H17BrO4/c1-4-7-19-12-9-11(15(17)18-6-3)10-13(14(12)16)20-8-5-2/h4-5,9-10H,1-2,6-8H2,3H3. The molecule has 1 aromatic carbocycles. The summed E-state index contributed by atoms with van der Waals surface area (Å²) in [7, 11) is 0. The second-order valence-electron chi connectivity index (χ2n) is 3.71. The third-order valence-corrected chi connectivity index (χ3v) is 3.01. The highest BCUT2D eigenvalue weighted by molar-refractivity contribution is 9.10. The molecule has 0 aliphatic carbocycles. The first-order valence-corrected chi connectivity index (χ1v) is 6.91. The van der Waals surface area contributed by atoms with Gasteiger partial charge in [-0.25, -0.2) is 4.79 Å². The van der Waals surface area contributed by atoms with Gasteiger partial charge in [-0.15, -0.1) is 0 Å². The van der Waals surface area contributed by atoms with Gasteiger partial charge in [0.1, 0.15) is 29.2 Å². The van der Waals surface area contributed by atoms with Crippen LogP contribution in [0, 0.1) is 0 Å².